The van der Waals surface area contributed by atoms with Crippen molar-refractivity contribution in [3.8, 4) is 0 Å². The van der Waals surface area contributed by atoms with Crippen molar-refractivity contribution in [3.05, 3.63) is 51.7 Å². The molecule has 1 N–H and O–H groups in total. The predicted octanol–water partition coefficient (Wildman–Crippen LogP) is 1.92. The molecule has 0 amide bonds. The van der Waals surface area contributed by atoms with Crippen molar-refractivity contribution in [2.24, 2.45) is 11.0 Å². The maximum atomic E-state index is 12.2. The van der Waals surface area contributed by atoms with E-state index in [9.17, 15) is 4.79 Å². The fourth-order valence-corrected chi connectivity index (χ4v) is 4.11. The van der Waals surface area contributed by atoms with Gasteiger partial charge in [-0.3, -0.25) is 4.79 Å². The van der Waals surface area contributed by atoms with Crippen LogP contribution in [-0.2, 0) is 0 Å². The number of piperidine rings is 1. The van der Waals surface area contributed by atoms with Crippen molar-refractivity contribution < 1.29 is 0 Å². The first-order valence-corrected chi connectivity index (χ1v) is 8.63. The van der Waals surface area contributed by atoms with Crippen LogP contribution in [0.5, 0.6) is 0 Å². The van der Waals surface area contributed by atoms with Crippen LogP contribution in [0, 0.1) is 5.92 Å². The molecule has 4 aliphatic rings. The second-order valence-corrected chi connectivity index (χ2v) is 6.97. The zero-order valence-electron chi connectivity index (χ0n) is 13.0. The van der Waals surface area contributed by atoms with Gasteiger partial charge in [0.1, 0.15) is 5.82 Å². The molecule has 0 radical (unpaired) electrons. The Morgan fingerprint density at radius 2 is 1.96 bits per heavy atom. The van der Waals surface area contributed by atoms with Gasteiger partial charge in [-0.15, -0.1) is 0 Å². The summed E-state index contributed by atoms with van der Waals surface area (Å²) >= 11 is 0. The summed E-state index contributed by atoms with van der Waals surface area (Å²) in [6, 6.07) is 1.70. The van der Waals surface area contributed by atoms with E-state index in [0.717, 1.165) is 43.2 Å². The molecule has 5 nitrogen and oxygen atoms in total. The van der Waals surface area contributed by atoms with Crippen molar-refractivity contribution in [2.45, 2.75) is 37.5 Å². The lowest BCUT2D eigenvalue weighted by atomic mass is 9.86. The van der Waals surface area contributed by atoms with Gasteiger partial charge in [-0.05, 0) is 50.8 Å². The van der Waals surface area contributed by atoms with Gasteiger partial charge in [-0.25, -0.2) is 4.68 Å². The van der Waals surface area contributed by atoms with Crippen LogP contribution in [0.2, 0.25) is 0 Å². The molecule has 5 rings (SSSR count). The second kappa shape index (κ2) is 4.99. The Balaban J connectivity index is 1.64. The molecule has 1 aromatic heterocycles. The molecule has 2 aliphatic carbocycles. The minimum Gasteiger partial charge on any atom is -0.317 e. The molecule has 1 saturated carbocycles. The van der Waals surface area contributed by atoms with E-state index in [1.807, 2.05) is 4.68 Å². The van der Waals surface area contributed by atoms with E-state index in [1.165, 1.54) is 18.4 Å². The summed E-state index contributed by atoms with van der Waals surface area (Å²) in [6.45, 7) is 2.01. The van der Waals surface area contributed by atoms with Gasteiger partial charge in [0.05, 0.1) is 17.3 Å². The summed E-state index contributed by atoms with van der Waals surface area (Å²) in [5.74, 6) is 1.99. The smallest absolute Gasteiger partial charge is 0.273 e. The van der Waals surface area contributed by atoms with E-state index in [-0.39, 0.29) is 11.5 Å². The monoisotopic (exact) mass is 308 g/mol. The molecule has 0 aromatic carbocycles. The first-order valence-electron chi connectivity index (χ1n) is 8.63. The maximum Gasteiger partial charge on any atom is 0.273 e. The molecule has 0 bridgehead atoms. The Kier molecular flexibility index (Phi) is 2.92. The van der Waals surface area contributed by atoms with E-state index >= 15 is 0 Å². The van der Waals surface area contributed by atoms with E-state index in [0.29, 0.717) is 11.8 Å². The van der Waals surface area contributed by atoms with Crippen molar-refractivity contribution >= 4 is 5.71 Å². The maximum absolute atomic E-state index is 12.2. The Morgan fingerprint density at radius 1 is 1.13 bits per heavy atom. The van der Waals surface area contributed by atoms with Crippen molar-refractivity contribution in [3.63, 3.8) is 0 Å². The summed E-state index contributed by atoms with van der Waals surface area (Å²) in [7, 11) is 0. The molecule has 3 heterocycles. The third-order valence-electron chi connectivity index (χ3n) is 5.42. The number of fused-ring (bicyclic) bond motifs is 3. The summed E-state index contributed by atoms with van der Waals surface area (Å²) in [5, 5.41) is 8.22. The molecule has 1 unspecified atom stereocenters. The molecule has 5 heteroatoms. The Hall–Kier alpha value is -2.01. The van der Waals surface area contributed by atoms with Gasteiger partial charge in [-0.1, -0.05) is 17.7 Å². The highest BCUT2D eigenvalue weighted by molar-refractivity contribution is 6.04. The van der Waals surface area contributed by atoms with Crippen molar-refractivity contribution in [1.82, 2.24) is 15.0 Å². The fourth-order valence-electron chi connectivity index (χ4n) is 4.11. The Morgan fingerprint density at radius 3 is 2.74 bits per heavy atom. The minimum atomic E-state index is -0.120. The van der Waals surface area contributed by atoms with Crippen LogP contribution in [-0.4, -0.2) is 28.5 Å². The molecule has 1 saturated heterocycles. The number of rotatable bonds is 2. The zero-order valence-corrected chi connectivity index (χ0v) is 13.0. The standard InChI is InChI=1S/C18H20N4O/c23-16-10-15(12-6-8-19-9-7-12)22-18(20-16)17-13(11-4-5-11)2-1-3-14(17)21-22/h1-3,10-12,17,19H,4-9H2. The first kappa shape index (κ1) is 13.4. The Labute approximate surface area is 134 Å². The van der Waals surface area contributed by atoms with Crippen LogP contribution in [0.3, 0.4) is 0 Å². The summed E-state index contributed by atoms with van der Waals surface area (Å²) in [5.41, 5.74) is 3.37. The zero-order chi connectivity index (χ0) is 15.4. The molecule has 2 aliphatic heterocycles. The molecule has 23 heavy (non-hydrogen) atoms. The second-order valence-electron chi connectivity index (χ2n) is 6.97. The normalized spacial score (nSPS) is 26.5. The molecular formula is C18H20N4O. The van der Waals surface area contributed by atoms with E-state index in [1.54, 1.807) is 6.07 Å². The lowest BCUT2D eigenvalue weighted by molar-refractivity contribution is 0.439. The molecule has 1 atom stereocenters. The van der Waals surface area contributed by atoms with Crippen molar-refractivity contribution in [1.29, 1.82) is 0 Å². The number of nitrogens with zero attached hydrogens (tertiary/aromatic N) is 3. The average Bonchev–Trinajstić information content (AvgIpc) is 3.36. The van der Waals surface area contributed by atoms with Crippen LogP contribution in [0.4, 0.5) is 0 Å². The van der Waals surface area contributed by atoms with Gasteiger partial charge in [0, 0.05) is 12.0 Å². The van der Waals surface area contributed by atoms with E-state index in [2.05, 4.69) is 28.5 Å². The van der Waals surface area contributed by atoms with Crippen LogP contribution in [0.1, 0.15) is 49.0 Å². The highest BCUT2D eigenvalue weighted by Gasteiger charge is 2.40. The SMILES string of the molecule is O=c1cc(C2CCNCC2)n2c(n1)C1C(C3CC3)=CC=CC1=N2. The third-order valence-corrected chi connectivity index (χ3v) is 5.42. The topological polar surface area (TPSA) is 59.3 Å². The highest BCUT2D eigenvalue weighted by Crippen LogP contribution is 2.46. The molecule has 2 fully saturated rings. The van der Waals surface area contributed by atoms with Gasteiger partial charge >= 0.3 is 0 Å². The Bertz CT molecular complexity index is 807. The quantitative estimate of drug-likeness (QED) is 0.908. The number of allylic oxidation sites excluding steroid dienone is 4. The van der Waals surface area contributed by atoms with E-state index in [4.69, 9.17) is 5.10 Å². The van der Waals surface area contributed by atoms with Gasteiger partial charge < -0.3 is 5.32 Å². The fraction of sp³-hybridized carbons (Fsp3) is 0.500. The largest absolute Gasteiger partial charge is 0.317 e. The van der Waals surface area contributed by atoms with Crippen LogP contribution < -0.4 is 10.9 Å². The summed E-state index contributed by atoms with van der Waals surface area (Å²) < 4.78 is 1.98. The molecule has 0 spiro atoms. The average molecular weight is 308 g/mol. The lowest BCUT2D eigenvalue weighted by Crippen LogP contribution is -2.29. The van der Waals surface area contributed by atoms with Crippen LogP contribution in [0.25, 0.3) is 0 Å². The number of nitrogens with one attached hydrogen (secondary N) is 1. The molecule has 118 valence electrons. The van der Waals surface area contributed by atoms with Gasteiger partial charge in [0.15, 0.2) is 0 Å². The van der Waals surface area contributed by atoms with Crippen molar-refractivity contribution in [2.75, 3.05) is 13.1 Å². The van der Waals surface area contributed by atoms with E-state index < -0.39 is 0 Å². The first-order chi connectivity index (χ1) is 11.3. The number of hydrogen-bond donors (Lipinski definition) is 1. The summed E-state index contributed by atoms with van der Waals surface area (Å²) in [6.07, 6.45) is 11.0. The number of aromatic nitrogens is 2. The molecule has 1 aromatic rings. The van der Waals surface area contributed by atoms with Crippen LogP contribution in [0.15, 0.2) is 39.8 Å². The number of hydrogen-bond acceptors (Lipinski definition) is 4. The molecular weight excluding hydrogens is 288 g/mol. The summed E-state index contributed by atoms with van der Waals surface area (Å²) in [4.78, 5) is 16.6. The predicted molar refractivity (Wildman–Crippen MR) is 88.9 cm³/mol. The van der Waals surface area contributed by atoms with Gasteiger partial charge in [0.25, 0.3) is 5.56 Å². The van der Waals surface area contributed by atoms with Gasteiger partial charge in [-0.2, -0.15) is 10.1 Å². The van der Waals surface area contributed by atoms with Crippen LogP contribution >= 0.6 is 0 Å². The third kappa shape index (κ3) is 2.14. The minimum absolute atomic E-state index is 0.0989. The lowest BCUT2D eigenvalue weighted by Gasteiger charge is -2.24. The highest BCUT2D eigenvalue weighted by atomic mass is 16.1. The van der Waals surface area contributed by atoms with Gasteiger partial charge in [0.2, 0.25) is 0 Å².